The fourth-order valence-corrected chi connectivity index (χ4v) is 5.90. The molecule has 0 saturated heterocycles. The van der Waals surface area contributed by atoms with Gasteiger partial charge in [0.15, 0.2) is 5.69 Å². The van der Waals surface area contributed by atoms with Gasteiger partial charge in [0.25, 0.3) is 5.91 Å². The fraction of sp³-hybridized carbons (Fsp3) is 0.379. The zero-order valence-corrected chi connectivity index (χ0v) is 22.4. The third kappa shape index (κ3) is 4.80. The van der Waals surface area contributed by atoms with Crippen LogP contribution >= 0.6 is 0 Å². The van der Waals surface area contributed by atoms with Crippen molar-refractivity contribution in [3.8, 4) is 5.75 Å². The highest BCUT2D eigenvalue weighted by Crippen LogP contribution is 2.47. The Kier molecular flexibility index (Phi) is 6.63. The zero-order valence-electron chi connectivity index (χ0n) is 22.4. The quantitative estimate of drug-likeness (QED) is 0.476. The van der Waals surface area contributed by atoms with Gasteiger partial charge in [0.2, 0.25) is 5.75 Å². The summed E-state index contributed by atoms with van der Waals surface area (Å²) in [5.74, 6) is -1.98. The Morgan fingerprint density at radius 1 is 1.05 bits per heavy atom. The third-order valence-electron chi connectivity index (χ3n) is 7.73. The van der Waals surface area contributed by atoms with Crippen LogP contribution in [0, 0.1) is 11.6 Å². The number of carbonyl (C=O) groups is 2. The second-order valence-corrected chi connectivity index (χ2v) is 11.6. The average molecular weight is 553 g/mol. The van der Waals surface area contributed by atoms with Crippen LogP contribution in [0.3, 0.4) is 0 Å². The van der Waals surface area contributed by atoms with Crippen LogP contribution in [-0.2, 0) is 18.4 Å². The Labute approximate surface area is 229 Å². The van der Waals surface area contributed by atoms with E-state index in [0.717, 1.165) is 0 Å². The van der Waals surface area contributed by atoms with Gasteiger partial charge < -0.3 is 24.6 Å². The van der Waals surface area contributed by atoms with Gasteiger partial charge in [-0.15, -0.1) is 0 Å². The van der Waals surface area contributed by atoms with E-state index in [1.165, 1.54) is 34.1 Å². The first-order valence-corrected chi connectivity index (χ1v) is 12.9. The summed E-state index contributed by atoms with van der Waals surface area (Å²) in [5, 5.41) is 20.9. The summed E-state index contributed by atoms with van der Waals surface area (Å²) in [6.45, 7) is 5.54. The van der Waals surface area contributed by atoms with Gasteiger partial charge in [0.05, 0.1) is 11.5 Å². The van der Waals surface area contributed by atoms with Crippen molar-refractivity contribution < 1.29 is 28.6 Å². The number of rotatable bonds is 6. The number of nitrogens with zero attached hydrogens (tertiary/aromatic N) is 4. The van der Waals surface area contributed by atoms with Crippen LogP contribution in [0.25, 0.3) is 0 Å². The summed E-state index contributed by atoms with van der Waals surface area (Å²) in [6.07, 6.45) is -0.640. The number of benzene rings is 2. The molecule has 0 radical (unpaired) electrons. The maximum Gasteiger partial charge on any atom is 0.407 e. The number of aromatic hydroxyl groups is 1. The lowest BCUT2D eigenvalue weighted by atomic mass is 9.77. The molecule has 40 heavy (non-hydrogen) atoms. The summed E-state index contributed by atoms with van der Waals surface area (Å²) in [4.78, 5) is 46.0. The van der Waals surface area contributed by atoms with Gasteiger partial charge in [-0.05, 0) is 69.0 Å². The fourth-order valence-electron chi connectivity index (χ4n) is 5.90. The molecule has 0 fully saturated rings. The molecule has 5 rings (SSSR count). The van der Waals surface area contributed by atoms with E-state index in [1.807, 2.05) is 0 Å². The van der Waals surface area contributed by atoms with Crippen molar-refractivity contribution >= 4 is 12.0 Å². The molecule has 9 nitrogen and oxygen atoms in total. The van der Waals surface area contributed by atoms with E-state index in [0.29, 0.717) is 17.5 Å². The first kappa shape index (κ1) is 27.3. The normalized spacial score (nSPS) is 20.0. The van der Waals surface area contributed by atoms with Crippen molar-refractivity contribution in [3.63, 3.8) is 0 Å². The van der Waals surface area contributed by atoms with Crippen molar-refractivity contribution in [2.24, 2.45) is 0 Å². The van der Waals surface area contributed by atoms with Gasteiger partial charge >= 0.3 is 11.7 Å². The maximum atomic E-state index is 13.7. The summed E-state index contributed by atoms with van der Waals surface area (Å²) in [7, 11) is 0. The lowest BCUT2D eigenvalue weighted by Gasteiger charge is -2.40. The Bertz CT molecular complexity index is 1530. The van der Waals surface area contributed by atoms with E-state index in [9.17, 15) is 33.4 Å². The van der Waals surface area contributed by atoms with E-state index in [4.69, 9.17) is 0 Å². The predicted molar refractivity (Wildman–Crippen MR) is 141 cm³/mol. The van der Waals surface area contributed by atoms with E-state index in [2.05, 4.69) is 4.98 Å². The highest BCUT2D eigenvalue weighted by Gasteiger charge is 2.53. The van der Waals surface area contributed by atoms with Gasteiger partial charge in [-0.3, -0.25) is 9.59 Å². The van der Waals surface area contributed by atoms with Gasteiger partial charge in [-0.1, -0.05) is 24.3 Å². The molecule has 2 atom stereocenters. The molecule has 0 aliphatic carbocycles. The Morgan fingerprint density at radius 2 is 1.62 bits per heavy atom. The topological polar surface area (TPSA) is 116 Å². The zero-order chi connectivity index (χ0) is 29.0. The van der Waals surface area contributed by atoms with Crippen LogP contribution in [0.15, 0.2) is 53.3 Å². The number of hydrogen-bond acceptors (Lipinski definition) is 5. The van der Waals surface area contributed by atoms with E-state index in [1.54, 1.807) is 49.6 Å². The van der Waals surface area contributed by atoms with Crippen molar-refractivity contribution in [1.82, 2.24) is 19.4 Å². The molecule has 2 amide bonds. The summed E-state index contributed by atoms with van der Waals surface area (Å²) in [5.41, 5.74) is -1.70. The number of amides is 2. The molecule has 1 aromatic heterocycles. The Morgan fingerprint density at radius 3 is 2.17 bits per heavy atom. The molecule has 11 heteroatoms. The monoisotopic (exact) mass is 552 g/mol. The number of aromatic nitrogens is 2. The molecular weight excluding hydrogens is 522 g/mol. The Balaban J connectivity index is 1.64. The lowest BCUT2D eigenvalue weighted by Crippen LogP contribution is -2.52. The molecule has 2 aliphatic heterocycles. The van der Waals surface area contributed by atoms with Crippen LogP contribution < -0.4 is 5.56 Å². The second-order valence-electron chi connectivity index (χ2n) is 11.6. The van der Waals surface area contributed by atoms with Crippen LogP contribution in [0.5, 0.6) is 5.75 Å². The first-order valence-electron chi connectivity index (χ1n) is 12.9. The van der Waals surface area contributed by atoms with Crippen LogP contribution in [-0.4, -0.2) is 60.2 Å². The van der Waals surface area contributed by atoms with Crippen LogP contribution in [0.1, 0.15) is 60.7 Å². The van der Waals surface area contributed by atoms with Crippen LogP contribution in [0.4, 0.5) is 13.6 Å². The largest absolute Gasteiger partial charge is 0.501 e. The van der Waals surface area contributed by atoms with Gasteiger partial charge in [0, 0.05) is 25.2 Å². The standard InChI is InChI=1S/C29H30F2N4O5/c1-28(2,3)34(27(39)40)16-29(12-17-4-8-19(30)9-5-17)13-21-15-33(14-18-6-10-20(31)11-7-18)25(38)22-23(36)24(37)32-26(29)35(21)22/h4-11,21,36H,12-16H2,1-3H3,(H,39,40). The average Bonchev–Trinajstić information content (AvgIpc) is 3.17. The molecule has 2 aromatic carbocycles. The lowest BCUT2D eigenvalue weighted by molar-refractivity contribution is 0.0640. The summed E-state index contributed by atoms with van der Waals surface area (Å²) < 4.78 is 28.8. The Hall–Kier alpha value is -4.28. The molecule has 2 N–H and O–H groups in total. The SMILES string of the molecule is CC(C)(C)N(CC1(Cc2ccc(F)cc2)CC2CN(Cc3ccc(F)cc3)C(=O)c3c(O)c(=O)nc1n32)C(=O)O. The molecule has 0 saturated carbocycles. The van der Waals surface area contributed by atoms with Crippen LogP contribution in [0.2, 0.25) is 0 Å². The summed E-state index contributed by atoms with van der Waals surface area (Å²) in [6, 6.07) is 11.1. The molecule has 2 unspecified atom stereocenters. The molecule has 2 aliphatic rings. The second kappa shape index (κ2) is 9.72. The van der Waals surface area contributed by atoms with Crippen molar-refractivity contribution in [1.29, 1.82) is 0 Å². The van der Waals surface area contributed by atoms with Gasteiger partial charge in [-0.25, -0.2) is 13.6 Å². The van der Waals surface area contributed by atoms with Crippen molar-refractivity contribution in [2.75, 3.05) is 13.1 Å². The van der Waals surface area contributed by atoms with Gasteiger partial charge in [-0.2, -0.15) is 4.98 Å². The molecule has 3 heterocycles. The van der Waals surface area contributed by atoms with E-state index >= 15 is 0 Å². The first-order chi connectivity index (χ1) is 18.8. The number of carboxylic acid groups (broad SMARTS) is 1. The highest BCUT2D eigenvalue weighted by molar-refractivity contribution is 5.96. The number of hydrogen-bond donors (Lipinski definition) is 2. The minimum atomic E-state index is -1.16. The maximum absolute atomic E-state index is 13.7. The molecule has 0 bridgehead atoms. The smallest absolute Gasteiger partial charge is 0.407 e. The third-order valence-corrected chi connectivity index (χ3v) is 7.73. The van der Waals surface area contributed by atoms with E-state index < -0.39 is 51.9 Å². The number of carbonyl (C=O) groups excluding carboxylic acids is 1. The minimum Gasteiger partial charge on any atom is -0.501 e. The van der Waals surface area contributed by atoms with Crippen molar-refractivity contribution in [3.05, 3.63) is 93.2 Å². The molecular formula is C29H30F2N4O5. The molecule has 3 aromatic rings. The molecule has 0 spiro atoms. The predicted octanol–water partition coefficient (Wildman–Crippen LogP) is 4.09. The summed E-state index contributed by atoms with van der Waals surface area (Å²) >= 11 is 0. The van der Waals surface area contributed by atoms with Gasteiger partial charge in [0.1, 0.15) is 17.5 Å². The highest BCUT2D eigenvalue weighted by atomic mass is 19.1. The minimum absolute atomic E-state index is 0.0531. The molecule has 210 valence electrons. The van der Waals surface area contributed by atoms with Crippen molar-refractivity contribution in [2.45, 2.75) is 57.2 Å². The number of halogens is 2. The van der Waals surface area contributed by atoms with E-state index in [-0.39, 0.29) is 37.6 Å².